The largest absolute Gasteiger partial charge is 0.487 e. The standard InChI is InChI=1S/C12H18O6/c13-5-9(15)7-17-11-3-1-2-4-12(11)18-8-10(16)6-14/h1-4,9-10,13-16H,5-8H2. The smallest absolute Gasteiger partial charge is 0.161 e. The summed E-state index contributed by atoms with van der Waals surface area (Å²) in [6.07, 6.45) is -1.91. The molecule has 2 atom stereocenters. The molecular formula is C12H18O6. The summed E-state index contributed by atoms with van der Waals surface area (Å²) in [4.78, 5) is 0. The summed E-state index contributed by atoms with van der Waals surface area (Å²) in [6, 6.07) is 6.75. The molecule has 0 spiro atoms. The molecule has 0 aromatic heterocycles. The Bertz CT molecular complexity index is 310. The van der Waals surface area contributed by atoms with Crippen molar-refractivity contribution >= 4 is 0 Å². The lowest BCUT2D eigenvalue weighted by atomic mass is 10.3. The van der Waals surface area contributed by atoms with E-state index in [0.717, 1.165) is 0 Å². The number of aliphatic hydroxyl groups is 4. The Hall–Kier alpha value is -1.34. The summed E-state index contributed by atoms with van der Waals surface area (Å²) in [5.74, 6) is 0.797. The monoisotopic (exact) mass is 258 g/mol. The maximum Gasteiger partial charge on any atom is 0.161 e. The van der Waals surface area contributed by atoms with Crippen LogP contribution in [0.15, 0.2) is 24.3 Å². The number of rotatable bonds is 8. The van der Waals surface area contributed by atoms with Crippen molar-refractivity contribution < 1.29 is 29.9 Å². The molecule has 0 heterocycles. The van der Waals surface area contributed by atoms with Gasteiger partial charge in [-0.25, -0.2) is 0 Å². The molecule has 0 saturated carbocycles. The third-order valence-electron chi connectivity index (χ3n) is 2.13. The van der Waals surface area contributed by atoms with Gasteiger partial charge in [-0.15, -0.1) is 0 Å². The third kappa shape index (κ3) is 4.89. The van der Waals surface area contributed by atoms with E-state index in [-0.39, 0.29) is 26.4 Å². The van der Waals surface area contributed by atoms with E-state index in [2.05, 4.69) is 0 Å². The Balaban J connectivity index is 2.56. The quantitative estimate of drug-likeness (QED) is 0.485. The molecule has 0 aliphatic carbocycles. The van der Waals surface area contributed by atoms with E-state index in [4.69, 9.17) is 19.7 Å². The number of para-hydroxylation sites is 2. The molecule has 0 saturated heterocycles. The molecule has 0 aliphatic heterocycles. The van der Waals surface area contributed by atoms with Gasteiger partial charge in [0.05, 0.1) is 13.2 Å². The van der Waals surface area contributed by atoms with Crippen LogP contribution in [-0.4, -0.2) is 59.1 Å². The van der Waals surface area contributed by atoms with Gasteiger partial charge in [-0.2, -0.15) is 0 Å². The van der Waals surface area contributed by atoms with E-state index in [0.29, 0.717) is 11.5 Å². The summed E-state index contributed by atoms with van der Waals surface area (Å²) < 4.78 is 10.6. The van der Waals surface area contributed by atoms with Crippen LogP contribution >= 0.6 is 0 Å². The van der Waals surface area contributed by atoms with Crippen molar-refractivity contribution in [3.63, 3.8) is 0 Å². The number of hydrogen-bond acceptors (Lipinski definition) is 6. The normalized spacial score (nSPS) is 14.0. The summed E-state index contributed by atoms with van der Waals surface area (Å²) in [6.45, 7) is -0.878. The van der Waals surface area contributed by atoms with Gasteiger partial charge in [0.25, 0.3) is 0 Å². The Labute approximate surface area is 105 Å². The lowest BCUT2D eigenvalue weighted by Crippen LogP contribution is -2.23. The number of ether oxygens (including phenoxy) is 2. The lowest BCUT2D eigenvalue weighted by molar-refractivity contribution is 0.0448. The first-order chi connectivity index (χ1) is 8.67. The van der Waals surface area contributed by atoms with E-state index < -0.39 is 12.2 Å². The molecule has 1 aromatic carbocycles. The zero-order valence-corrected chi connectivity index (χ0v) is 9.90. The van der Waals surface area contributed by atoms with E-state index in [1.165, 1.54) is 0 Å². The van der Waals surface area contributed by atoms with Gasteiger partial charge in [0, 0.05) is 0 Å². The highest BCUT2D eigenvalue weighted by Crippen LogP contribution is 2.26. The van der Waals surface area contributed by atoms with Crippen molar-refractivity contribution in [2.45, 2.75) is 12.2 Å². The number of hydrogen-bond donors (Lipinski definition) is 4. The van der Waals surface area contributed by atoms with Gasteiger partial charge in [0.1, 0.15) is 25.4 Å². The van der Waals surface area contributed by atoms with Crippen molar-refractivity contribution in [1.82, 2.24) is 0 Å². The van der Waals surface area contributed by atoms with Gasteiger partial charge in [-0.1, -0.05) is 12.1 Å². The van der Waals surface area contributed by atoms with Crippen LogP contribution in [-0.2, 0) is 0 Å². The Morgan fingerprint density at radius 3 is 1.56 bits per heavy atom. The number of aliphatic hydroxyl groups excluding tert-OH is 4. The molecule has 0 bridgehead atoms. The van der Waals surface area contributed by atoms with E-state index in [1.807, 2.05) is 0 Å². The van der Waals surface area contributed by atoms with E-state index in [1.54, 1.807) is 24.3 Å². The molecule has 1 rings (SSSR count). The fraction of sp³-hybridized carbons (Fsp3) is 0.500. The predicted octanol–water partition coefficient (Wildman–Crippen LogP) is -0.849. The van der Waals surface area contributed by atoms with Crippen LogP contribution in [0.2, 0.25) is 0 Å². The maximum absolute atomic E-state index is 9.18. The average Bonchev–Trinajstić information content (AvgIpc) is 2.42. The second kappa shape index (κ2) is 7.88. The van der Waals surface area contributed by atoms with Gasteiger partial charge in [0.2, 0.25) is 0 Å². The van der Waals surface area contributed by atoms with Crippen LogP contribution in [0.25, 0.3) is 0 Å². The fourth-order valence-corrected chi connectivity index (χ4v) is 1.17. The zero-order chi connectivity index (χ0) is 13.4. The maximum atomic E-state index is 9.18. The second-order valence-electron chi connectivity index (χ2n) is 3.74. The fourth-order valence-electron chi connectivity index (χ4n) is 1.17. The van der Waals surface area contributed by atoms with Crippen molar-refractivity contribution in [1.29, 1.82) is 0 Å². The minimum atomic E-state index is -0.957. The molecule has 1 aromatic rings. The highest BCUT2D eigenvalue weighted by molar-refractivity contribution is 5.39. The molecule has 0 amide bonds. The van der Waals surface area contributed by atoms with Crippen LogP contribution in [0.5, 0.6) is 11.5 Å². The van der Waals surface area contributed by atoms with Crippen molar-refractivity contribution in [3.8, 4) is 11.5 Å². The molecular weight excluding hydrogens is 240 g/mol. The number of benzene rings is 1. The van der Waals surface area contributed by atoms with Crippen LogP contribution in [0, 0.1) is 0 Å². The predicted molar refractivity (Wildman–Crippen MR) is 63.6 cm³/mol. The van der Waals surface area contributed by atoms with Gasteiger partial charge in [0.15, 0.2) is 11.5 Å². The zero-order valence-electron chi connectivity index (χ0n) is 9.90. The summed E-state index contributed by atoms with van der Waals surface area (Å²) in [5, 5.41) is 35.7. The van der Waals surface area contributed by atoms with Gasteiger partial charge in [-0.3, -0.25) is 0 Å². The first-order valence-electron chi connectivity index (χ1n) is 5.59. The molecule has 6 heteroatoms. The van der Waals surface area contributed by atoms with Gasteiger partial charge in [-0.05, 0) is 12.1 Å². The Morgan fingerprint density at radius 1 is 0.833 bits per heavy atom. The van der Waals surface area contributed by atoms with Crippen molar-refractivity contribution in [2.75, 3.05) is 26.4 Å². The first kappa shape index (κ1) is 14.7. The lowest BCUT2D eigenvalue weighted by Gasteiger charge is -2.15. The molecule has 2 unspecified atom stereocenters. The molecule has 0 fully saturated rings. The minimum absolute atomic E-state index is 0.0561. The first-order valence-corrected chi connectivity index (χ1v) is 5.59. The molecule has 4 N–H and O–H groups in total. The molecule has 0 aliphatic rings. The van der Waals surface area contributed by atoms with Gasteiger partial charge >= 0.3 is 0 Å². The van der Waals surface area contributed by atoms with E-state index >= 15 is 0 Å². The molecule has 6 nitrogen and oxygen atoms in total. The molecule has 0 radical (unpaired) electrons. The Morgan fingerprint density at radius 2 is 1.22 bits per heavy atom. The summed E-state index contributed by atoms with van der Waals surface area (Å²) in [5.41, 5.74) is 0. The molecule has 18 heavy (non-hydrogen) atoms. The van der Waals surface area contributed by atoms with E-state index in [9.17, 15) is 10.2 Å². The summed E-state index contributed by atoms with van der Waals surface area (Å²) in [7, 11) is 0. The van der Waals surface area contributed by atoms with Crippen molar-refractivity contribution in [3.05, 3.63) is 24.3 Å². The molecule has 102 valence electrons. The average molecular weight is 258 g/mol. The van der Waals surface area contributed by atoms with Crippen LogP contribution < -0.4 is 9.47 Å². The Kier molecular flexibility index (Phi) is 6.45. The topological polar surface area (TPSA) is 99.4 Å². The van der Waals surface area contributed by atoms with Gasteiger partial charge < -0.3 is 29.9 Å². The highest BCUT2D eigenvalue weighted by Gasteiger charge is 2.09. The van der Waals surface area contributed by atoms with Crippen molar-refractivity contribution in [2.24, 2.45) is 0 Å². The van der Waals surface area contributed by atoms with Crippen LogP contribution in [0.4, 0.5) is 0 Å². The van der Waals surface area contributed by atoms with Crippen LogP contribution in [0.3, 0.4) is 0 Å². The van der Waals surface area contributed by atoms with Crippen LogP contribution in [0.1, 0.15) is 0 Å². The second-order valence-corrected chi connectivity index (χ2v) is 3.74. The summed E-state index contributed by atoms with van der Waals surface area (Å²) >= 11 is 0. The third-order valence-corrected chi connectivity index (χ3v) is 2.13. The minimum Gasteiger partial charge on any atom is -0.487 e. The SMILES string of the molecule is OCC(O)COc1ccccc1OCC(O)CO. The highest BCUT2D eigenvalue weighted by atomic mass is 16.5.